The molecule has 1 N–H and O–H groups in total. The van der Waals surface area contributed by atoms with E-state index in [-0.39, 0.29) is 18.0 Å². The van der Waals surface area contributed by atoms with E-state index in [1.54, 1.807) is 31.4 Å². The highest BCUT2D eigenvalue weighted by molar-refractivity contribution is 6.88. The summed E-state index contributed by atoms with van der Waals surface area (Å²) in [5.74, 6) is -0.216. The second-order valence-electron chi connectivity index (χ2n) is 8.76. The molecule has 1 heterocycles. The van der Waals surface area contributed by atoms with E-state index >= 15 is 0 Å². The quantitative estimate of drug-likeness (QED) is 0.530. The Morgan fingerprint density at radius 3 is 2.19 bits per heavy atom. The van der Waals surface area contributed by atoms with E-state index in [4.69, 9.17) is 9.26 Å². The Kier molecular flexibility index (Phi) is 6.83. The molecule has 0 saturated heterocycles. The molecule has 0 aliphatic rings. The summed E-state index contributed by atoms with van der Waals surface area (Å²) in [6, 6.07) is 15.3. The van der Waals surface area contributed by atoms with Crippen molar-refractivity contribution in [1.82, 2.24) is 10.1 Å². The van der Waals surface area contributed by atoms with Crippen molar-refractivity contribution in [3.63, 3.8) is 0 Å². The van der Waals surface area contributed by atoms with Gasteiger partial charge in [-0.2, -0.15) is 5.16 Å². The average molecular weight is 453 g/mol. The largest absolute Gasteiger partial charge is 0.497 e. The monoisotopic (exact) mass is 452 g/mol. The number of hydrogen-bond acceptors (Lipinski definition) is 5. The Hall–Kier alpha value is -3.39. The molecule has 8 heteroatoms. The molecule has 3 rings (SSSR count). The summed E-state index contributed by atoms with van der Waals surface area (Å²) in [7, 11) is 1.65. The predicted molar refractivity (Wildman–Crippen MR) is 125 cm³/mol. The van der Waals surface area contributed by atoms with Crippen LogP contribution >= 0.6 is 0 Å². The van der Waals surface area contributed by atoms with Crippen LogP contribution in [0.5, 0.6) is 5.75 Å². The van der Waals surface area contributed by atoms with Crippen molar-refractivity contribution in [3.05, 3.63) is 81.8 Å². The number of benzene rings is 2. The first-order valence-corrected chi connectivity index (χ1v) is 13.8. The molecule has 0 unspecified atom stereocenters. The summed E-state index contributed by atoms with van der Waals surface area (Å²) in [5.41, 5.74) is 1.00. The van der Waals surface area contributed by atoms with Crippen molar-refractivity contribution in [2.24, 2.45) is 0 Å². The molecule has 0 aliphatic carbocycles. The molecule has 3 aromatic rings. The predicted octanol–water partition coefficient (Wildman–Crippen LogP) is 3.15. The molecule has 168 valence electrons. The van der Waals surface area contributed by atoms with Crippen LogP contribution in [0.1, 0.15) is 27.7 Å². The van der Waals surface area contributed by atoms with E-state index in [1.807, 2.05) is 12.1 Å². The SMILES string of the molecule is COc1ccc([C@H](C(=O)Cc2ccc([Si](C)(C)C)cc2)N(C)C(=O)c2cc(=O)[nH]o2)cc1. The van der Waals surface area contributed by atoms with Crippen molar-refractivity contribution >= 4 is 25.0 Å². The second kappa shape index (κ2) is 9.40. The summed E-state index contributed by atoms with van der Waals surface area (Å²) in [5, 5.41) is 3.42. The number of carbonyl (C=O) groups excluding carboxylic acids is 2. The molecule has 0 saturated carbocycles. The Bertz CT molecular complexity index is 1140. The number of ether oxygens (including phenoxy) is 1. The number of aromatic nitrogens is 1. The summed E-state index contributed by atoms with van der Waals surface area (Å²) in [6.45, 7) is 6.81. The van der Waals surface area contributed by atoms with Gasteiger partial charge in [0.25, 0.3) is 11.5 Å². The number of Topliss-reactive ketones (excluding diaryl/α,β-unsaturated/α-hetero) is 1. The minimum Gasteiger partial charge on any atom is -0.497 e. The third kappa shape index (κ3) is 5.26. The Labute approximate surface area is 188 Å². The number of rotatable bonds is 8. The maximum absolute atomic E-state index is 13.4. The highest BCUT2D eigenvalue weighted by Gasteiger charge is 2.31. The van der Waals surface area contributed by atoms with Gasteiger partial charge < -0.3 is 14.2 Å². The number of amides is 1. The number of H-pyrrole nitrogens is 1. The van der Waals surface area contributed by atoms with E-state index in [9.17, 15) is 14.4 Å². The van der Waals surface area contributed by atoms with Crippen LogP contribution in [0.15, 0.2) is 63.9 Å². The number of hydrogen-bond donors (Lipinski definition) is 1. The van der Waals surface area contributed by atoms with E-state index in [1.165, 1.54) is 17.1 Å². The van der Waals surface area contributed by atoms with Crippen LogP contribution in [-0.4, -0.2) is 44.0 Å². The molecule has 2 aromatic carbocycles. The smallest absolute Gasteiger partial charge is 0.293 e. The number of methoxy groups -OCH3 is 1. The topological polar surface area (TPSA) is 92.6 Å². The molecule has 0 bridgehead atoms. The van der Waals surface area contributed by atoms with Crippen LogP contribution in [-0.2, 0) is 11.2 Å². The van der Waals surface area contributed by atoms with Crippen LogP contribution < -0.4 is 15.5 Å². The fourth-order valence-electron chi connectivity index (χ4n) is 3.51. The standard InChI is InChI=1S/C24H28N2O5Si/c1-26(24(29)21-15-22(28)25-31-21)23(17-8-10-18(30-2)11-9-17)20(27)14-16-6-12-19(13-7-16)32(3,4)5/h6-13,15,23H,14H2,1-5H3,(H,25,28)/t23-/m1/s1. The van der Waals surface area contributed by atoms with Gasteiger partial charge in [-0.05, 0) is 23.3 Å². The fraction of sp³-hybridized carbons (Fsp3) is 0.292. The summed E-state index contributed by atoms with van der Waals surface area (Å²) in [4.78, 5) is 39.0. The maximum atomic E-state index is 13.4. The van der Waals surface area contributed by atoms with Crippen LogP contribution in [0.25, 0.3) is 0 Å². The first kappa shape index (κ1) is 23.3. The number of ketones is 1. The Morgan fingerprint density at radius 2 is 1.69 bits per heavy atom. The number of nitrogens with one attached hydrogen (secondary N) is 1. The second-order valence-corrected chi connectivity index (χ2v) is 13.8. The lowest BCUT2D eigenvalue weighted by atomic mass is 9.96. The van der Waals surface area contributed by atoms with Gasteiger partial charge in [-0.1, -0.05) is 61.2 Å². The van der Waals surface area contributed by atoms with Gasteiger partial charge in [-0.3, -0.25) is 14.4 Å². The van der Waals surface area contributed by atoms with Crippen molar-refractivity contribution in [2.45, 2.75) is 32.1 Å². The van der Waals surface area contributed by atoms with Gasteiger partial charge in [0.2, 0.25) is 5.76 Å². The minimum atomic E-state index is -1.44. The number of carbonyl (C=O) groups is 2. The van der Waals surface area contributed by atoms with E-state index in [2.05, 4.69) is 36.9 Å². The minimum absolute atomic E-state index is 0.148. The third-order valence-electron chi connectivity index (χ3n) is 5.38. The molecule has 1 amide bonds. The first-order valence-electron chi connectivity index (χ1n) is 10.3. The summed E-state index contributed by atoms with van der Waals surface area (Å²) < 4.78 is 10.2. The normalized spacial score (nSPS) is 12.3. The third-order valence-corrected chi connectivity index (χ3v) is 7.44. The van der Waals surface area contributed by atoms with Crippen LogP contribution in [0.3, 0.4) is 0 Å². The molecular formula is C24H28N2O5Si. The van der Waals surface area contributed by atoms with Gasteiger partial charge in [0.15, 0.2) is 5.78 Å². The lowest BCUT2D eigenvalue weighted by molar-refractivity contribution is -0.122. The fourth-order valence-corrected chi connectivity index (χ4v) is 4.68. The molecule has 32 heavy (non-hydrogen) atoms. The molecule has 0 aliphatic heterocycles. The average Bonchev–Trinajstić information content (AvgIpc) is 3.19. The number of likely N-dealkylation sites (N-methyl/N-ethyl adjacent to an activating group) is 1. The zero-order chi connectivity index (χ0) is 23.5. The highest BCUT2D eigenvalue weighted by atomic mass is 28.3. The Morgan fingerprint density at radius 1 is 1.06 bits per heavy atom. The maximum Gasteiger partial charge on any atom is 0.293 e. The van der Waals surface area contributed by atoms with Crippen molar-refractivity contribution in [2.75, 3.05) is 14.2 Å². The van der Waals surface area contributed by atoms with E-state index < -0.39 is 25.6 Å². The van der Waals surface area contributed by atoms with E-state index in [0.29, 0.717) is 11.3 Å². The van der Waals surface area contributed by atoms with Crippen molar-refractivity contribution < 1.29 is 18.8 Å². The van der Waals surface area contributed by atoms with Gasteiger partial charge in [0, 0.05) is 13.5 Å². The highest BCUT2D eigenvalue weighted by Crippen LogP contribution is 2.26. The molecule has 0 fully saturated rings. The van der Waals surface area contributed by atoms with Gasteiger partial charge in [-0.15, -0.1) is 0 Å². The number of aromatic amines is 1. The lowest BCUT2D eigenvalue weighted by Crippen LogP contribution is -2.38. The summed E-state index contributed by atoms with van der Waals surface area (Å²) in [6.07, 6.45) is 0.164. The van der Waals surface area contributed by atoms with Gasteiger partial charge in [-0.25, -0.2) is 0 Å². The molecule has 0 spiro atoms. The van der Waals surface area contributed by atoms with Crippen molar-refractivity contribution in [3.8, 4) is 5.75 Å². The van der Waals surface area contributed by atoms with Crippen LogP contribution in [0.4, 0.5) is 0 Å². The van der Waals surface area contributed by atoms with Crippen LogP contribution in [0.2, 0.25) is 19.6 Å². The molecule has 7 nitrogen and oxygen atoms in total. The summed E-state index contributed by atoms with van der Waals surface area (Å²) >= 11 is 0. The zero-order valence-electron chi connectivity index (χ0n) is 19.0. The van der Waals surface area contributed by atoms with E-state index in [0.717, 1.165) is 11.6 Å². The van der Waals surface area contributed by atoms with Gasteiger partial charge in [0.1, 0.15) is 11.8 Å². The zero-order valence-corrected chi connectivity index (χ0v) is 20.0. The van der Waals surface area contributed by atoms with Gasteiger partial charge >= 0.3 is 0 Å². The van der Waals surface area contributed by atoms with Gasteiger partial charge in [0.05, 0.1) is 21.3 Å². The molecule has 1 atom stereocenters. The molecule has 1 aromatic heterocycles. The molecular weight excluding hydrogens is 424 g/mol. The van der Waals surface area contributed by atoms with Crippen molar-refractivity contribution in [1.29, 1.82) is 0 Å². The number of nitrogens with zero attached hydrogens (tertiary/aromatic N) is 1. The Balaban J connectivity index is 1.91. The lowest BCUT2D eigenvalue weighted by Gasteiger charge is -2.27. The van der Waals surface area contributed by atoms with Crippen LogP contribution in [0, 0.1) is 0 Å². The molecule has 0 radical (unpaired) electrons. The first-order chi connectivity index (χ1) is 15.1.